The lowest BCUT2D eigenvalue weighted by Gasteiger charge is -2.07. The maximum atomic E-state index is 11.0. The topological polar surface area (TPSA) is 34.1 Å². The molecule has 1 rings (SSSR count). The van der Waals surface area contributed by atoms with E-state index in [4.69, 9.17) is 11.6 Å². The molecule has 0 fully saturated rings. The summed E-state index contributed by atoms with van der Waals surface area (Å²) in [7, 11) is 0. The number of thiol groups is 1. The Hall–Kier alpha value is -0.800. The van der Waals surface area contributed by atoms with Crippen molar-refractivity contribution in [1.82, 2.24) is 0 Å². The predicted octanol–water partition coefficient (Wildman–Crippen LogP) is 2.66. The first-order chi connectivity index (χ1) is 6.56. The number of carbonyl (C=O) groups is 2. The van der Waals surface area contributed by atoms with Crippen LogP contribution in [0.3, 0.4) is 0 Å². The second kappa shape index (κ2) is 4.62. The Morgan fingerprint density at radius 2 is 2.21 bits per heavy atom. The van der Waals surface area contributed by atoms with E-state index >= 15 is 0 Å². The number of aldehydes is 1. The van der Waals surface area contributed by atoms with Gasteiger partial charge in [-0.15, -0.1) is 24.2 Å². The van der Waals surface area contributed by atoms with Crippen molar-refractivity contribution in [2.45, 2.75) is 17.2 Å². The smallest absolute Gasteiger partial charge is 0.152 e. The maximum absolute atomic E-state index is 11.0. The van der Waals surface area contributed by atoms with Crippen LogP contribution in [-0.4, -0.2) is 12.1 Å². The number of alkyl halides is 1. The minimum atomic E-state index is -0.665. The molecular formula is C10H9ClO2S. The van der Waals surface area contributed by atoms with Gasteiger partial charge in [-0.1, -0.05) is 12.1 Å². The zero-order valence-electron chi connectivity index (χ0n) is 7.53. The van der Waals surface area contributed by atoms with E-state index in [1.807, 2.05) is 0 Å². The van der Waals surface area contributed by atoms with Crippen LogP contribution in [0.2, 0.25) is 0 Å². The molecule has 0 spiro atoms. The zero-order valence-corrected chi connectivity index (χ0v) is 9.18. The van der Waals surface area contributed by atoms with E-state index < -0.39 is 5.38 Å². The summed E-state index contributed by atoms with van der Waals surface area (Å²) in [6, 6.07) is 4.89. The van der Waals surface area contributed by atoms with E-state index in [0.717, 1.165) is 0 Å². The fraction of sp³-hybridized carbons (Fsp3) is 0.200. The summed E-state index contributed by atoms with van der Waals surface area (Å²) in [6.07, 6.45) is 0.711. The minimum Gasteiger partial charge on any atom is -0.298 e. The van der Waals surface area contributed by atoms with Crippen LogP contribution in [0.15, 0.2) is 23.1 Å². The van der Waals surface area contributed by atoms with E-state index in [2.05, 4.69) is 12.6 Å². The van der Waals surface area contributed by atoms with Crippen LogP contribution in [0.5, 0.6) is 0 Å². The first-order valence-corrected chi connectivity index (χ1v) is 4.87. The maximum Gasteiger partial charge on any atom is 0.152 e. The minimum absolute atomic E-state index is 0.127. The average Bonchev–Trinajstić information content (AvgIpc) is 2.16. The Morgan fingerprint density at radius 3 is 2.64 bits per heavy atom. The number of Topliss-reactive ketones (excluding diaryl/α,β-unsaturated/α-hetero) is 1. The highest BCUT2D eigenvalue weighted by Crippen LogP contribution is 2.24. The molecule has 1 aromatic carbocycles. The quantitative estimate of drug-likeness (QED) is 0.490. The fourth-order valence-corrected chi connectivity index (χ4v) is 1.46. The highest BCUT2D eigenvalue weighted by molar-refractivity contribution is 7.80. The lowest BCUT2D eigenvalue weighted by molar-refractivity contribution is -0.116. The lowest BCUT2D eigenvalue weighted by atomic mass is 10.1. The van der Waals surface area contributed by atoms with E-state index in [0.29, 0.717) is 22.3 Å². The molecule has 0 aliphatic carbocycles. The largest absolute Gasteiger partial charge is 0.298 e. The molecule has 0 saturated carbocycles. The highest BCUT2D eigenvalue weighted by atomic mass is 35.5. The van der Waals surface area contributed by atoms with Gasteiger partial charge in [0, 0.05) is 10.5 Å². The molecule has 1 aromatic rings. The number of halogens is 1. The van der Waals surface area contributed by atoms with Crippen LogP contribution in [0.25, 0.3) is 0 Å². The zero-order chi connectivity index (χ0) is 10.7. The van der Waals surface area contributed by atoms with Gasteiger partial charge >= 0.3 is 0 Å². The van der Waals surface area contributed by atoms with Crippen LogP contribution in [0, 0.1) is 0 Å². The van der Waals surface area contributed by atoms with Gasteiger partial charge in [-0.2, -0.15) is 0 Å². The fourth-order valence-electron chi connectivity index (χ4n) is 1.05. The summed E-state index contributed by atoms with van der Waals surface area (Å²) in [4.78, 5) is 22.0. The van der Waals surface area contributed by atoms with Crippen molar-refractivity contribution in [3.8, 4) is 0 Å². The van der Waals surface area contributed by atoms with E-state index in [1.165, 1.54) is 6.92 Å². The molecule has 74 valence electrons. The Balaban J connectivity index is 3.08. The third-order valence-corrected chi connectivity index (χ3v) is 2.78. The van der Waals surface area contributed by atoms with Crippen LogP contribution in [0.1, 0.15) is 28.2 Å². The Labute approximate surface area is 92.7 Å². The van der Waals surface area contributed by atoms with Gasteiger partial charge in [-0.05, 0) is 18.6 Å². The molecule has 0 saturated heterocycles. The van der Waals surface area contributed by atoms with Crippen molar-refractivity contribution in [2.75, 3.05) is 0 Å². The Bertz CT molecular complexity index is 376. The SMILES string of the molecule is CC(=O)C(Cl)c1ccc(C=O)c(S)c1. The standard InChI is InChI=1S/C10H9ClO2S/c1-6(13)10(11)7-2-3-8(5-12)9(14)4-7/h2-5,10,14H,1H3. The third-order valence-electron chi connectivity index (χ3n) is 1.83. The first kappa shape index (κ1) is 11.3. The van der Waals surface area contributed by atoms with Gasteiger partial charge in [-0.25, -0.2) is 0 Å². The van der Waals surface area contributed by atoms with Crippen LogP contribution in [0.4, 0.5) is 0 Å². The molecular weight excluding hydrogens is 220 g/mol. The van der Waals surface area contributed by atoms with Gasteiger partial charge in [0.2, 0.25) is 0 Å². The molecule has 1 atom stereocenters. The Morgan fingerprint density at radius 1 is 1.57 bits per heavy atom. The second-order valence-corrected chi connectivity index (χ2v) is 3.83. The molecule has 0 amide bonds. The highest BCUT2D eigenvalue weighted by Gasteiger charge is 2.13. The van der Waals surface area contributed by atoms with Gasteiger partial charge in [-0.3, -0.25) is 9.59 Å². The molecule has 4 heteroatoms. The van der Waals surface area contributed by atoms with Crippen molar-refractivity contribution >= 4 is 36.3 Å². The molecule has 14 heavy (non-hydrogen) atoms. The summed E-state index contributed by atoms with van der Waals surface area (Å²) in [5.74, 6) is -0.127. The van der Waals surface area contributed by atoms with Crippen molar-refractivity contribution < 1.29 is 9.59 Å². The summed E-state index contributed by atoms with van der Waals surface area (Å²) in [5, 5.41) is -0.665. The molecule has 0 radical (unpaired) electrons. The van der Waals surface area contributed by atoms with Gasteiger partial charge in [0.05, 0.1) is 0 Å². The molecule has 0 aromatic heterocycles. The summed E-state index contributed by atoms with van der Waals surface area (Å²) in [5.41, 5.74) is 1.15. The van der Waals surface area contributed by atoms with E-state index in [1.54, 1.807) is 18.2 Å². The van der Waals surface area contributed by atoms with Crippen molar-refractivity contribution in [3.63, 3.8) is 0 Å². The summed E-state index contributed by atoms with van der Waals surface area (Å²) < 4.78 is 0. The van der Waals surface area contributed by atoms with Crippen molar-refractivity contribution in [1.29, 1.82) is 0 Å². The molecule has 0 heterocycles. The van der Waals surface area contributed by atoms with Crippen LogP contribution in [-0.2, 0) is 4.79 Å². The Kier molecular flexibility index (Phi) is 3.72. The normalized spacial score (nSPS) is 12.2. The van der Waals surface area contributed by atoms with Gasteiger partial charge in [0.1, 0.15) is 5.38 Å². The number of hydrogen-bond donors (Lipinski definition) is 1. The number of benzene rings is 1. The van der Waals surface area contributed by atoms with Crippen molar-refractivity contribution in [2.24, 2.45) is 0 Å². The van der Waals surface area contributed by atoms with Crippen LogP contribution >= 0.6 is 24.2 Å². The van der Waals surface area contributed by atoms with E-state index in [9.17, 15) is 9.59 Å². The van der Waals surface area contributed by atoms with Gasteiger partial charge in [0.15, 0.2) is 12.1 Å². The summed E-state index contributed by atoms with van der Waals surface area (Å²) >= 11 is 9.95. The van der Waals surface area contributed by atoms with Gasteiger partial charge in [0.25, 0.3) is 0 Å². The number of ketones is 1. The molecule has 0 bridgehead atoms. The van der Waals surface area contributed by atoms with Gasteiger partial charge < -0.3 is 0 Å². The lowest BCUT2D eigenvalue weighted by Crippen LogP contribution is -2.01. The number of rotatable bonds is 3. The molecule has 0 aliphatic rings. The molecule has 2 nitrogen and oxygen atoms in total. The molecule has 0 N–H and O–H groups in total. The number of carbonyl (C=O) groups excluding carboxylic acids is 2. The summed E-state index contributed by atoms with van der Waals surface area (Å²) in [6.45, 7) is 1.42. The predicted molar refractivity (Wildman–Crippen MR) is 58.4 cm³/mol. The van der Waals surface area contributed by atoms with Crippen LogP contribution < -0.4 is 0 Å². The number of hydrogen-bond acceptors (Lipinski definition) is 3. The first-order valence-electron chi connectivity index (χ1n) is 3.99. The molecule has 1 unspecified atom stereocenters. The van der Waals surface area contributed by atoms with Crippen molar-refractivity contribution in [3.05, 3.63) is 29.3 Å². The monoisotopic (exact) mass is 228 g/mol. The second-order valence-electron chi connectivity index (χ2n) is 2.91. The third kappa shape index (κ3) is 2.36. The molecule has 0 aliphatic heterocycles. The van der Waals surface area contributed by atoms with E-state index in [-0.39, 0.29) is 5.78 Å². The average molecular weight is 229 g/mol.